The summed E-state index contributed by atoms with van der Waals surface area (Å²) in [4.78, 5) is 12.6. The molecule has 0 saturated heterocycles. The summed E-state index contributed by atoms with van der Waals surface area (Å²) >= 11 is 11.6. The molecule has 4 rings (SSSR count). The highest BCUT2D eigenvalue weighted by molar-refractivity contribution is 6.31. The summed E-state index contributed by atoms with van der Waals surface area (Å²) in [7, 11) is 0. The highest BCUT2D eigenvalue weighted by Gasteiger charge is 2.24. The van der Waals surface area contributed by atoms with Crippen molar-refractivity contribution in [1.29, 1.82) is 0 Å². The number of amides is 1. The van der Waals surface area contributed by atoms with Crippen LogP contribution in [0, 0.1) is 5.82 Å². The molecule has 0 spiro atoms. The Labute approximate surface area is 201 Å². The van der Waals surface area contributed by atoms with E-state index < -0.39 is 11.9 Å². The first-order valence-electron chi connectivity index (χ1n) is 10.9. The topological polar surface area (TPSA) is 83.7 Å². The van der Waals surface area contributed by atoms with Crippen LogP contribution in [0.1, 0.15) is 36.2 Å². The fourth-order valence-corrected chi connectivity index (χ4v) is 4.24. The summed E-state index contributed by atoms with van der Waals surface area (Å²) in [6, 6.07) is 11.4. The van der Waals surface area contributed by atoms with Crippen LogP contribution in [0.25, 0.3) is 11.0 Å². The van der Waals surface area contributed by atoms with Crippen LogP contribution in [0.4, 0.5) is 4.39 Å². The molecule has 6 nitrogen and oxygen atoms in total. The van der Waals surface area contributed by atoms with Crippen LogP contribution in [-0.4, -0.2) is 42.4 Å². The second-order valence-electron chi connectivity index (χ2n) is 8.26. The lowest BCUT2D eigenvalue weighted by Gasteiger charge is -2.30. The van der Waals surface area contributed by atoms with E-state index in [1.807, 2.05) is 0 Å². The highest BCUT2D eigenvalue weighted by Crippen LogP contribution is 2.24. The van der Waals surface area contributed by atoms with Crippen molar-refractivity contribution in [2.75, 3.05) is 13.2 Å². The van der Waals surface area contributed by atoms with Gasteiger partial charge in [-0.25, -0.2) is 4.39 Å². The zero-order valence-corrected chi connectivity index (χ0v) is 19.3. The van der Waals surface area contributed by atoms with Gasteiger partial charge in [-0.3, -0.25) is 4.79 Å². The monoisotopic (exact) mass is 494 g/mol. The second kappa shape index (κ2) is 10.7. The zero-order chi connectivity index (χ0) is 23.4. The standard InChI is InChI=1S/C24H25Cl2FN2O4/c25-15-1-8-22-14(9-15)10-23(33-22)24(31)29-17-4-2-16(3-5-17)28-12-18(30)13-32-19-6-7-20(26)21(27)11-19/h1,6-11,16-18,28,30H,2-5,12-13H2,(H,29,31)/t16?,17?,18-/m0/s1. The predicted octanol–water partition coefficient (Wildman–Crippen LogP) is 4.95. The minimum absolute atomic E-state index is 0.0267. The molecule has 0 radical (unpaired) electrons. The lowest BCUT2D eigenvalue weighted by atomic mass is 9.91. The molecule has 0 unspecified atom stereocenters. The average molecular weight is 495 g/mol. The van der Waals surface area contributed by atoms with Crippen molar-refractivity contribution in [3.63, 3.8) is 0 Å². The summed E-state index contributed by atoms with van der Waals surface area (Å²) in [5.41, 5.74) is 0.626. The molecule has 1 saturated carbocycles. The van der Waals surface area contributed by atoms with Gasteiger partial charge in [0.2, 0.25) is 0 Å². The molecular formula is C24H25Cl2FN2O4. The number of hydrogen-bond donors (Lipinski definition) is 3. The number of furan rings is 1. The van der Waals surface area contributed by atoms with E-state index in [2.05, 4.69) is 10.6 Å². The molecule has 9 heteroatoms. The molecule has 1 atom stereocenters. The number of hydrogen-bond acceptors (Lipinski definition) is 5. The Hall–Kier alpha value is -2.32. The number of carbonyl (C=O) groups excluding carboxylic acids is 1. The van der Waals surface area contributed by atoms with Gasteiger partial charge < -0.3 is 24.9 Å². The van der Waals surface area contributed by atoms with Crippen molar-refractivity contribution in [3.8, 4) is 5.75 Å². The number of aliphatic hydroxyl groups excluding tert-OH is 1. The summed E-state index contributed by atoms with van der Waals surface area (Å²) in [5, 5.41) is 18.0. The van der Waals surface area contributed by atoms with Gasteiger partial charge in [0.25, 0.3) is 5.91 Å². The van der Waals surface area contributed by atoms with Crippen molar-refractivity contribution in [2.45, 2.75) is 43.9 Å². The van der Waals surface area contributed by atoms with Crippen LogP contribution in [0.5, 0.6) is 5.75 Å². The lowest BCUT2D eigenvalue weighted by molar-refractivity contribution is 0.0890. The first-order valence-corrected chi connectivity index (χ1v) is 11.6. The van der Waals surface area contributed by atoms with E-state index in [9.17, 15) is 14.3 Å². The smallest absolute Gasteiger partial charge is 0.287 e. The average Bonchev–Trinajstić information content (AvgIpc) is 3.23. The fraction of sp³-hybridized carbons (Fsp3) is 0.375. The van der Waals surface area contributed by atoms with Gasteiger partial charge in [0.15, 0.2) is 5.76 Å². The lowest BCUT2D eigenvalue weighted by Crippen LogP contribution is -2.44. The number of benzene rings is 2. The number of fused-ring (bicyclic) bond motifs is 1. The predicted molar refractivity (Wildman–Crippen MR) is 126 cm³/mol. The fourth-order valence-electron chi connectivity index (χ4n) is 3.95. The van der Waals surface area contributed by atoms with Gasteiger partial charge in [0, 0.05) is 35.1 Å². The number of aliphatic hydroxyl groups is 1. The van der Waals surface area contributed by atoms with Crippen molar-refractivity contribution in [3.05, 3.63) is 64.1 Å². The van der Waals surface area contributed by atoms with E-state index in [0.717, 1.165) is 31.1 Å². The number of ether oxygens (including phenoxy) is 1. The summed E-state index contributed by atoms with van der Waals surface area (Å²) in [6.45, 7) is 0.404. The third kappa shape index (κ3) is 6.38. The third-order valence-corrected chi connectivity index (χ3v) is 6.28. The van der Waals surface area contributed by atoms with Crippen molar-refractivity contribution in [2.24, 2.45) is 0 Å². The SMILES string of the molecule is O=C(NC1CCC(NC[C@H](O)COc2ccc(Cl)c(F)c2)CC1)c1cc2cc(Cl)ccc2o1. The van der Waals surface area contributed by atoms with Gasteiger partial charge in [-0.05, 0) is 62.1 Å². The largest absolute Gasteiger partial charge is 0.491 e. The Morgan fingerprint density at radius 2 is 1.88 bits per heavy atom. The zero-order valence-electron chi connectivity index (χ0n) is 17.8. The van der Waals surface area contributed by atoms with Crippen LogP contribution < -0.4 is 15.4 Å². The molecule has 33 heavy (non-hydrogen) atoms. The first kappa shape index (κ1) is 23.8. The molecular weight excluding hydrogens is 470 g/mol. The Morgan fingerprint density at radius 1 is 1.12 bits per heavy atom. The summed E-state index contributed by atoms with van der Waals surface area (Å²) in [6.07, 6.45) is 2.66. The number of carbonyl (C=O) groups is 1. The molecule has 0 aliphatic heterocycles. The minimum atomic E-state index is -0.734. The van der Waals surface area contributed by atoms with Crippen LogP contribution in [-0.2, 0) is 0 Å². The summed E-state index contributed by atoms with van der Waals surface area (Å²) in [5.74, 6) is -0.198. The third-order valence-electron chi connectivity index (χ3n) is 5.74. The molecule has 1 aromatic heterocycles. The van der Waals surface area contributed by atoms with Crippen LogP contribution in [0.3, 0.4) is 0 Å². The van der Waals surface area contributed by atoms with Gasteiger partial charge in [-0.1, -0.05) is 23.2 Å². The van der Waals surface area contributed by atoms with E-state index in [4.69, 9.17) is 32.4 Å². The summed E-state index contributed by atoms with van der Waals surface area (Å²) < 4.78 is 24.5. The van der Waals surface area contributed by atoms with Crippen molar-refractivity contribution in [1.82, 2.24) is 10.6 Å². The van der Waals surface area contributed by atoms with Gasteiger partial charge in [-0.15, -0.1) is 0 Å². The quantitative estimate of drug-likeness (QED) is 0.412. The second-order valence-corrected chi connectivity index (χ2v) is 9.11. The Kier molecular flexibility index (Phi) is 7.75. The normalized spacial score (nSPS) is 19.4. The van der Waals surface area contributed by atoms with Gasteiger partial charge in [0.1, 0.15) is 29.9 Å². The highest BCUT2D eigenvalue weighted by atomic mass is 35.5. The van der Waals surface area contributed by atoms with Crippen molar-refractivity contribution >= 4 is 40.1 Å². The van der Waals surface area contributed by atoms with E-state index in [0.29, 0.717) is 22.9 Å². The molecule has 0 bridgehead atoms. The van der Waals surface area contributed by atoms with Gasteiger partial charge in [-0.2, -0.15) is 0 Å². The Morgan fingerprint density at radius 3 is 2.64 bits per heavy atom. The van der Waals surface area contributed by atoms with Gasteiger partial charge in [0.05, 0.1) is 5.02 Å². The molecule has 1 heterocycles. The molecule has 2 aromatic carbocycles. The van der Waals surface area contributed by atoms with E-state index >= 15 is 0 Å². The number of rotatable bonds is 8. The molecule has 3 aromatic rings. The maximum Gasteiger partial charge on any atom is 0.287 e. The molecule has 3 N–H and O–H groups in total. The van der Waals surface area contributed by atoms with Crippen LogP contribution in [0.15, 0.2) is 46.9 Å². The Bertz CT molecular complexity index is 1120. The molecule has 1 aliphatic carbocycles. The Balaban J connectivity index is 1.17. The first-order chi connectivity index (χ1) is 15.9. The van der Waals surface area contributed by atoms with E-state index in [1.54, 1.807) is 30.3 Å². The van der Waals surface area contributed by atoms with Crippen LogP contribution in [0.2, 0.25) is 10.0 Å². The molecule has 1 fully saturated rings. The number of halogens is 3. The van der Waals surface area contributed by atoms with Crippen molar-refractivity contribution < 1.29 is 23.4 Å². The minimum Gasteiger partial charge on any atom is -0.491 e. The maximum atomic E-state index is 13.4. The molecule has 1 amide bonds. The van der Waals surface area contributed by atoms with Crippen LogP contribution >= 0.6 is 23.2 Å². The molecule has 1 aliphatic rings. The molecule has 176 valence electrons. The number of nitrogens with one attached hydrogen (secondary N) is 2. The van der Waals surface area contributed by atoms with Gasteiger partial charge >= 0.3 is 0 Å². The van der Waals surface area contributed by atoms with E-state index in [1.165, 1.54) is 12.1 Å². The van der Waals surface area contributed by atoms with E-state index in [-0.39, 0.29) is 35.4 Å². The maximum absolute atomic E-state index is 13.4.